The fraction of sp³-hybridized carbons (Fsp3) is 0.583. The largest absolute Gasteiger partial charge is 0.379 e. The lowest BCUT2D eigenvalue weighted by atomic mass is 9.96. The van der Waals surface area contributed by atoms with Gasteiger partial charge >= 0.3 is 0 Å². The van der Waals surface area contributed by atoms with Crippen LogP contribution in [0.25, 0.3) is 0 Å². The second-order valence-corrected chi connectivity index (χ2v) is 9.44. The number of hydrogen-bond donors (Lipinski definition) is 1. The van der Waals surface area contributed by atoms with Gasteiger partial charge in [0.15, 0.2) is 5.11 Å². The molecule has 31 heavy (non-hydrogen) atoms. The lowest BCUT2D eigenvalue weighted by molar-refractivity contribution is 0.0365. The number of aromatic nitrogens is 2. The minimum absolute atomic E-state index is 0.0743. The van der Waals surface area contributed by atoms with Crippen molar-refractivity contribution in [2.75, 3.05) is 39.4 Å². The molecule has 0 amide bonds. The van der Waals surface area contributed by atoms with Gasteiger partial charge in [0, 0.05) is 49.8 Å². The highest BCUT2D eigenvalue weighted by Crippen LogP contribution is 2.44. The molecule has 2 aromatic rings. The maximum absolute atomic E-state index is 5.86. The highest BCUT2D eigenvalue weighted by molar-refractivity contribution is 7.80. The third-order valence-electron chi connectivity index (χ3n) is 6.93. The van der Waals surface area contributed by atoms with E-state index in [2.05, 4.69) is 56.7 Å². The van der Waals surface area contributed by atoms with E-state index in [1.165, 1.54) is 29.8 Å². The molecule has 1 N–H and O–H groups in total. The van der Waals surface area contributed by atoms with Crippen LogP contribution in [0, 0.1) is 13.8 Å². The topological polar surface area (TPSA) is 45.6 Å². The standard InChI is InChI=1S/C24H33N5OS/c1-17-16-20(18(2)29(17)19-7-8-19)23-22(21-6-3-4-9-25-21)26-24(31)28(23)11-5-10-27-12-14-30-15-13-27/h3-4,6,9,16,19,22-23H,5,7-8,10-15H2,1-2H3,(H,26,31)/t22-,23+/m0/s1. The van der Waals surface area contributed by atoms with E-state index in [1.807, 2.05) is 12.3 Å². The molecule has 0 unspecified atom stereocenters. The molecule has 166 valence electrons. The van der Waals surface area contributed by atoms with Gasteiger partial charge in [-0.1, -0.05) is 6.07 Å². The first-order chi connectivity index (χ1) is 15.1. The van der Waals surface area contributed by atoms with Crippen molar-refractivity contribution in [1.82, 2.24) is 24.7 Å². The lowest BCUT2D eigenvalue weighted by Gasteiger charge is -2.30. The first-order valence-electron chi connectivity index (χ1n) is 11.6. The molecule has 2 atom stereocenters. The van der Waals surface area contributed by atoms with Crippen LogP contribution in [0.15, 0.2) is 30.5 Å². The van der Waals surface area contributed by atoms with Crippen molar-refractivity contribution in [1.29, 1.82) is 0 Å². The van der Waals surface area contributed by atoms with Crippen LogP contribution >= 0.6 is 12.2 Å². The Morgan fingerprint density at radius 3 is 2.68 bits per heavy atom. The zero-order valence-corrected chi connectivity index (χ0v) is 19.4. The summed E-state index contributed by atoms with van der Waals surface area (Å²) in [5.41, 5.74) is 5.19. The summed E-state index contributed by atoms with van der Waals surface area (Å²) in [6.07, 6.45) is 5.56. The van der Waals surface area contributed by atoms with Crippen LogP contribution < -0.4 is 5.32 Å². The highest BCUT2D eigenvalue weighted by Gasteiger charge is 2.41. The summed E-state index contributed by atoms with van der Waals surface area (Å²) < 4.78 is 8.03. The zero-order chi connectivity index (χ0) is 21.4. The average Bonchev–Trinajstić information content (AvgIpc) is 3.51. The molecule has 2 saturated heterocycles. The fourth-order valence-corrected chi connectivity index (χ4v) is 5.60. The number of nitrogens with zero attached hydrogens (tertiary/aromatic N) is 4. The maximum atomic E-state index is 5.86. The van der Waals surface area contributed by atoms with Crippen LogP contribution in [0.4, 0.5) is 0 Å². The Hall–Kier alpha value is -1.96. The van der Waals surface area contributed by atoms with Crippen molar-refractivity contribution in [3.05, 3.63) is 53.1 Å². The van der Waals surface area contributed by atoms with E-state index in [0.29, 0.717) is 6.04 Å². The lowest BCUT2D eigenvalue weighted by Crippen LogP contribution is -2.39. The van der Waals surface area contributed by atoms with Gasteiger partial charge < -0.3 is 19.5 Å². The van der Waals surface area contributed by atoms with Crippen LogP contribution in [-0.4, -0.2) is 63.9 Å². The Bertz CT molecular complexity index is 920. The number of ether oxygens (including phenoxy) is 1. The molecule has 0 aromatic carbocycles. The minimum Gasteiger partial charge on any atom is -0.379 e. The van der Waals surface area contributed by atoms with Crippen LogP contribution in [0.1, 0.15) is 60.0 Å². The van der Waals surface area contributed by atoms with Gasteiger partial charge in [-0.25, -0.2) is 0 Å². The fourth-order valence-electron chi connectivity index (χ4n) is 5.27. The minimum atomic E-state index is 0.0743. The summed E-state index contributed by atoms with van der Waals surface area (Å²) >= 11 is 5.86. The summed E-state index contributed by atoms with van der Waals surface area (Å²) in [5.74, 6) is 0. The van der Waals surface area contributed by atoms with Crippen molar-refractivity contribution in [3.8, 4) is 0 Å². The molecule has 2 aromatic heterocycles. The van der Waals surface area contributed by atoms with E-state index in [1.54, 1.807) is 0 Å². The van der Waals surface area contributed by atoms with Gasteiger partial charge in [0.1, 0.15) is 0 Å². The Labute approximate surface area is 190 Å². The number of aryl methyl sites for hydroxylation is 1. The number of rotatable bonds is 7. The summed E-state index contributed by atoms with van der Waals surface area (Å²) in [7, 11) is 0. The van der Waals surface area contributed by atoms with Crippen molar-refractivity contribution in [2.24, 2.45) is 0 Å². The molecular formula is C24H33N5OS. The zero-order valence-electron chi connectivity index (χ0n) is 18.6. The van der Waals surface area contributed by atoms with Crippen LogP contribution in [0.2, 0.25) is 0 Å². The second kappa shape index (κ2) is 8.88. The van der Waals surface area contributed by atoms with Crippen LogP contribution in [0.3, 0.4) is 0 Å². The molecule has 5 rings (SSSR count). The number of pyridine rings is 1. The van der Waals surface area contributed by atoms with E-state index in [9.17, 15) is 0 Å². The van der Waals surface area contributed by atoms with E-state index < -0.39 is 0 Å². The molecule has 3 fully saturated rings. The predicted molar refractivity (Wildman–Crippen MR) is 126 cm³/mol. The number of hydrogen-bond acceptors (Lipinski definition) is 4. The molecule has 1 saturated carbocycles. The Morgan fingerprint density at radius 1 is 1.16 bits per heavy atom. The van der Waals surface area contributed by atoms with E-state index in [4.69, 9.17) is 17.0 Å². The third kappa shape index (κ3) is 4.23. The van der Waals surface area contributed by atoms with Crippen LogP contribution in [-0.2, 0) is 4.74 Å². The smallest absolute Gasteiger partial charge is 0.170 e. The SMILES string of the molecule is Cc1cc([C@@H]2[C@H](c3ccccn3)NC(=S)N2CCCN2CCOCC2)c(C)n1C1CC1. The van der Waals surface area contributed by atoms with Crippen molar-refractivity contribution < 1.29 is 4.74 Å². The number of thiocarbonyl (C=S) groups is 1. The van der Waals surface area contributed by atoms with Gasteiger partial charge in [0.25, 0.3) is 0 Å². The molecule has 6 nitrogen and oxygen atoms in total. The molecule has 2 aliphatic heterocycles. The van der Waals surface area contributed by atoms with Gasteiger partial charge in [0.2, 0.25) is 0 Å². The highest BCUT2D eigenvalue weighted by atomic mass is 32.1. The molecular weight excluding hydrogens is 406 g/mol. The van der Waals surface area contributed by atoms with E-state index in [-0.39, 0.29) is 12.1 Å². The molecule has 0 spiro atoms. The molecule has 7 heteroatoms. The monoisotopic (exact) mass is 439 g/mol. The Balaban J connectivity index is 1.41. The average molecular weight is 440 g/mol. The summed E-state index contributed by atoms with van der Waals surface area (Å²) in [5, 5.41) is 4.46. The van der Waals surface area contributed by atoms with Gasteiger partial charge in [-0.15, -0.1) is 0 Å². The van der Waals surface area contributed by atoms with Gasteiger partial charge in [-0.05, 0) is 69.1 Å². The quantitative estimate of drug-likeness (QED) is 0.666. The number of morpholine rings is 1. The Kier molecular flexibility index (Phi) is 5.99. The maximum Gasteiger partial charge on any atom is 0.170 e. The molecule has 0 bridgehead atoms. The summed E-state index contributed by atoms with van der Waals surface area (Å²) in [4.78, 5) is 9.60. The summed E-state index contributed by atoms with van der Waals surface area (Å²) in [6, 6.07) is 9.47. The first-order valence-corrected chi connectivity index (χ1v) is 12.0. The van der Waals surface area contributed by atoms with Gasteiger partial charge in [-0.3, -0.25) is 9.88 Å². The van der Waals surface area contributed by atoms with Crippen LogP contribution in [0.5, 0.6) is 0 Å². The predicted octanol–water partition coefficient (Wildman–Crippen LogP) is 3.53. The second-order valence-electron chi connectivity index (χ2n) is 9.06. The van der Waals surface area contributed by atoms with Gasteiger partial charge in [0.05, 0.1) is 31.0 Å². The van der Waals surface area contributed by atoms with E-state index >= 15 is 0 Å². The molecule has 0 radical (unpaired) electrons. The van der Waals surface area contributed by atoms with E-state index in [0.717, 1.165) is 56.6 Å². The summed E-state index contributed by atoms with van der Waals surface area (Å²) in [6.45, 7) is 10.3. The number of nitrogens with one attached hydrogen (secondary N) is 1. The van der Waals surface area contributed by atoms with Crippen molar-refractivity contribution >= 4 is 17.3 Å². The molecule has 4 heterocycles. The Morgan fingerprint density at radius 2 is 1.97 bits per heavy atom. The third-order valence-corrected chi connectivity index (χ3v) is 7.28. The first kappa shape index (κ1) is 20.9. The molecule has 3 aliphatic rings. The van der Waals surface area contributed by atoms with Crippen molar-refractivity contribution in [2.45, 2.75) is 51.2 Å². The normalized spacial score (nSPS) is 24.6. The molecule has 1 aliphatic carbocycles. The van der Waals surface area contributed by atoms with Crippen molar-refractivity contribution in [3.63, 3.8) is 0 Å². The van der Waals surface area contributed by atoms with Gasteiger partial charge in [-0.2, -0.15) is 0 Å².